The van der Waals surface area contributed by atoms with E-state index in [0.29, 0.717) is 51.1 Å². The van der Waals surface area contributed by atoms with Gasteiger partial charge in [-0.25, -0.2) is 4.98 Å². The van der Waals surface area contributed by atoms with Gasteiger partial charge < -0.3 is 20.3 Å². The molecule has 2 N–H and O–H groups in total. The van der Waals surface area contributed by atoms with Crippen LogP contribution in [0.3, 0.4) is 0 Å². The minimum atomic E-state index is -4.45. The number of hydrogen-bond donors (Lipinski definition) is 1. The van der Waals surface area contributed by atoms with Gasteiger partial charge in [0.15, 0.2) is 0 Å². The van der Waals surface area contributed by atoms with Gasteiger partial charge in [0.2, 0.25) is 17.7 Å². The molecule has 5 rings (SSSR count). The van der Waals surface area contributed by atoms with Crippen molar-refractivity contribution in [1.29, 1.82) is 0 Å². The quantitative estimate of drug-likeness (QED) is 0.531. The molecule has 3 fully saturated rings. The maximum Gasteiger partial charge on any atom is 0.417 e. The lowest BCUT2D eigenvalue weighted by atomic mass is 9.80. The first-order valence-corrected chi connectivity index (χ1v) is 13.6. The molecule has 3 heterocycles. The van der Waals surface area contributed by atoms with Crippen LogP contribution in [0, 0.1) is 17.3 Å². The molecular formula is C29H35F3N4O3. The van der Waals surface area contributed by atoms with Crippen molar-refractivity contribution < 1.29 is 27.5 Å². The second-order valence-electron chi connectivity index (χ2n) is 11.4. The number of pyridine rings is 1. The molecule has 2 atom stereocenters. The molecule has 210 valence electrons. The Labute approximate surface area is 226 Å². The fourth-order valence-corrected chi connectivity index (χ4v) is 5.72. The first-order chi connectivity index (χ1) is 18.5. The van der Waals surface area contributed by atoms with E-state index in [1.54, 1.807) is 0 Å². The number of alkyl halides is 3. The standard InChI is InChI=1S/C29H35F3N4O3/c1-28(11-12-28)27(38)35-13-8-20(9-14-35)26(37)36-15-10-21(24(17-36)19-2-5-23(33)6-3-19)18-39-25-7-4-22(16-34-25)29(30,31)32/h2-7,16,20-21,24H,8-15,17-18,33H2,1H3/t21-,24+/m1/s1. The molecule has 7 nitrogen and oxygen atoms in total. The number of nitrogen functional groups attached to an aromatic ring is 1. The van der Waals surface area contributed by atoms with Gasteiger partial charge in [0.05, 0.1) is 12.2 Å². The molecule has 2 aromatic rings. The number of carbonyl (C=O) groups is 2. The van der Waals surface area contributed by atoms with E-state index in [-0.39, 0.29) is 47.5 Å². The number of rotatable bonds is 6. The Morgan fingerprint density at radius 1 is 1.03 bits per heavy atom. The number of amides is 2. The normalized spacial score (nSPS) is 23.4. The predicted molar refractivity (Wildman–Crippen MR) is 140 cm³/mol. The lowest BCUT2D eigenvalue weighted by Gasteiger charge is -2.41. The van der Waals surface area contributed by atoms with Crippen LogP contribution in [0.1, 0.15) is 56.1 Å². The molecule has 3 aliphatic rings. The monoisotopic (exact) mass is 544 g/mol. The van der Waals surface area contributed by atoms with E-state index >= 15 is 0 Å². The van der Waals surface area contributed by atoms with E-state index in [1.165, 1.54) is 6.07 Å². The van der Waals surface area contributed by atoms with Crippen molar-refractivity contribution in [3.8, 4) is 5.88 Å². The third kappa shape index (κ3) is 6.15. The fourth-order valence-electron chi connectivity index (χ4n) is 5.72. The molecule has 2 saturated heterocycles. The summed E-state index contributed by atoms with van der Waals surface area (Å²) in [6, 6.07) is 9.78. The van der Waals surface area contributed by atoms with Gasteiger partial charge in [-0.2, -0.15) is 13.2 Å². The average molecular weight is 545 g/mol. The first-order valence-electron chi connectivity index (χ1n) is 13.6. The number of anilines is 1. The molecule has 1 aliphatic carbocycles. The highest BCUT2D eigenvalue weighted by Crippen LogP contribution is 2.47. The predicted octanol–water partition coefficient (Wildman–Crippen LogP) is 4.73. The fraction of sp³-hybridized carbons (Fsp3) is 0.552. The van der Waals surface area contributed by atoms with Crippen molar-refractivity contribution in [1.82, 2.24) is 14.8 Å². The molecule has 1 aromatic heterocycles. The summed E-state index contributed by atoms with van der Waals surface area (Å²) in [5.74, 6) is 0.412. The summed E-state index contributed by atoms with van der Waals surface area (Å²) in [5, 5.41) is 0. The zero-order valence-corrected chi connectivity index (χ0v) is 22.1. The van der Waals surface area contributed by atoms with E-state index in [2.05, 4.69) is 4.98 Å². The largest absolute Gasteiger partial charge is 0.477 e. The van der Waals surface area contributed by atoms with E-state index < -0.39 is 11.7 Å². The van der Waals surface area contributed by atoms with Crippen molar-refractivity contribution in [3.05, 3.63) is 53.7 Å². The number of halogens is 3. The third-order valence-electron chi connectivity index (χ3n) is 8.59. The summed E-state index contributed by atoms with van der Waals surface area (Å²) < 4.78 is 44.4. The molecule has 2 aliphatic heterocycles. The number of aromatic nitrogens is 1. The van der Waals surface area contributed by atoms with Crippen LogP contribution in [0.2, 0.25) is 0 Å². The smallest absolute Gasteiger partial charge is 0.417 e. The van der Waals surface area contributed by atoms with Crippen LogP contribution in [0.25, 0.3) is 0 Å². The van der Waals surface area contributed by atoms with Crippen molar-refractivity contribution in [2.45, 2.75) is 51.1 Å². The summed E-state index contributed by atoms with van der Waals surface area (Å²) in [4.78, 5) is 33.9. The van der Waals surface area contributed by atoms with Crippen molar-refractivity contribution in [2.75, 3.05) is 38.5 Å². The lowest BCUT2D eigenvalue weighted by molar-refractivity contribution is -0.144. The highest BCUT2D eigenvalue weighted by atomic mass is 19.4. The molecule has 39 heavy (non-hydrogen) atoms. The topological polar surface area (TPSA) is 88.8 Å². The zero-order valence-electron chi connectivity index (χ0n) is 22.1. The maximum absolute atomic E-state index is 13.5. The summed E-state index contributed by atoms with van der Waals surface area (Å²) in [6.45, 7) is 4.64. The number of ether oxygens (including phenoxy) is 1. The van der Waals surface area contributed by atoms with Gasteiger partial charge in [0.25, 0.3) is 0 Å². The Morgan fingerprint density at radius 3 is 2.28 bits per heavy atom. The minimum absolute atomic E-state index is 0.0192. The molecule has 10 heteroatoms. The van der Waals surface area contributed by atoms with Crippen molar-refractivity contribution in [3.63, 3.8) is 0 Å². The number of carbonyl (C=O) groups excluding carboxylic acids is 2. The number of nitrogens with two attached hydrogens (primary N) is 1. The lowest BCUT2D eigenvalue weighted by Crippen LogP contribution is -2.49. The van der Waals surface area contributed by atoms with Gasteiger partial charge >= 0.3 is 6.18 Å². The first kappa shape index (κ1) is 27.3. The second kappa shape index (κ2) is 10.7. The molecule has 1 aromatic carbocycles. The molecule has 0 bridgehead atoms. The van der Waals surface area contributed by atoms with Crippen LogP contribution in [0.15, 0.2) is 42.6 Å². The Hall–Kier alpha value is -3.30. The van der Waals surface area contributed by atoms with Gasteiger partial charge in [0.1, 0.15) is 0 Å². The molecule has 2 amide bonds. The molecule has 0 unspecified atom stereocenters. The van der Waals surface area contributed by atoms with Gasteiger partial charge in [-0.1, -0.05) is 19.1 Å². The van der Waals surface area contributed by atoms with E-state index in [0.717, 1.165) is 30.7 Å². The second-order valence-corrected chi connectivity index (χ2v) is 11.4. The maximum atomic E-state index is 13.5. The average Bonchev–Trinajstić information content (AvgIpc) is 3.69. The molecular weight excluding hydrogens is 509 g/mol. The van der Waals surface area contributed by atoms with Crippen LogP contribution >= 0.6 is 0 Å². The van der Waals surface area contributed by atoms with Crippen molar-refractivity contribution in [2.24, 2.45) is 17.3 Å². The van der Waals surface area contributed by atoms with Gasteiger partial charge in [-0.05, 0) is 55.9 Å². The zero-order chi connectivity index (χ0) is 27.8. The Balaban J connectivity index is 1.22. The van der Waals surface area contributed by atoms with Crippen LogP contribution in [-0.2, 0) is 15.8 Å². The Bertz CT molecular complexity index is 1170. The summed E-state index contributed by atoms with van der Waals surface area (Å²) in [7, 11) is 0. The molecule has 0 spiro atoms. The Kier molecular flexibility index (Phi) is 7.48. The highest BCUT2D eigenvalue weighted by Gasteiger charge is 2.48. The number of nitrogens with zero attached hydrogens (tertiary/aromatic N) is 3. The summed E-state index contributed by atoms with van der Waals surface area (Å²) >= 11 is 0. The van der Waals surface area contributed by atoms with Gasteiger partial charge in [0, 0.05) is 67.3 Å². The number of hydrogen-bond acceptors (Lipinski definition) is 5. The van der Waals surface area contributed by atoms with Crippen LogP contribution < -0.4 is 10.5 Å². The summed E-state index contributed by atoms with van der Waals surface area (Å²) in [5.41, 5.74) is 6.57. The SMILES string of the molecule is CC1(C(=O)N2CCC(C(=O)N3CC[C@H](COc4ccc(C(F)(F)F)cn4)[C@H](c4ccc(N)cc4)C3)CC2)CC1. The van der Waals surface area contributed by atoms with E-state index in [1.807, 2.05) is 41.0 Å². The highest BCUT2D eigenvalue weighted by molar-refractivity contribution is 5.85. The van der Waals surface area contributed by atoms with Gasteiger partial charge in [-0.3, -0.25) is 9.59 Å². The van der Waals surface area contributed by atoms with E-state index in [4.69, 9.17) is 10.5 Å². The third-order valence-corrected chi connectivity index (χ3v) is 8.59. The summed E-state index contributed by atoms with van der Waals surface area (Å²) in [6.07, 6.45) is 0.267. The minimum Gasteiger partial charge on any atom is -0.477 e. The number of benzene rings is 1. The molecule has 1 saturated carbocycles. The van der Waals surface area contributed by atoms with Crippen LogP contribution in [-0.4, -0.2) is 59.4 Å². The van der Waals surface area contributed by atoms with Crippen LogP contribution in [0.4, 0.5) is 18.9 Å². The number of piperidine rings is 2. The van der Waals surface area contributed by atoms with E-state index in [9.17, 15) is 22.8 Å². The molecule has 0 radical (unpaired) electrons. The Morgan fingerprint density at radius 2 is 1.69 bits per heavy atom. The van der Waals surface area contributed by atoms with Crippen LogP contribution in [0.5, 0.6) is 5.88 Å². The van der Waals surface area contributed by atoms with Gasteiger partial charge in [-0.15, -0.1) is 0 Å². The number of likely N-dealkylation sites (tertiary alicyclic amines) is 2. The van der Waals surface area contributed by atoms with Crippen molar-refractivity contribution >= 4 is 17.5 Å².